The molecule has 2 heterocycles. The van der Waals surface area contributed by atoms with Crippen molar-refractivity contribution in [3.63, 3.8) is 0 Å². The highest BCUT2D eigenvalue weighted by atomic mass is 32.1. The van der Waals surface area contributed by atoms with Crippen LogP contribution in [0.5, 0.6) is 5.75 Å². The summed E-state index contributed by atoms with van der Waals surface area (Å²) in [6.07, 6.45) is 0.364. The number of hydrogen-bond acceptors (Lipinski definition) is 7. The smallest absolute Gasteiger partial charge is 0.326 e. The molecule has 1 aromatic heterocycles. The van der Waals surface area contributed by atoms with Crippen molar-refractivity contribution in [2.24, 2.45) is 0 Å². The van der Waals surface area contributed by atoms with Gasteiger partial charge in [-0.15, -0.1) is 11.3 Å². The second-order valence-corrected chi connectivity index (χ2v) is 8.44. The zero-order valence-electron chi connectivity index (χ0n) is 17.9. The lowest BCUT2D eigenvalue weighted by molar-refractivity contribution is -0.149. The lowest BCUT2D eigenvalue weighted by Crippen LogP contribution is -2.43. The maximum Gasteiger partial charge on any atom is 0.326 e. The molecule has 0 fully saturated rings. The van der Waals surface area contributed by atoms with Gasteiger partial charge in [-0.05, 0) is 30.7 Å². The molecule has 0 N–H and O–H groups in total. The molecule has 1 amide bonds. The number of esters is 1. The highest BCUT2D eigenvalue weighted by molar-refractivity contribution is 7.10. The van der Waals surface area contributed by atoms with E-state index in [0.717, 1.165) is 22.7 Å². The molecule has 1 unspecified atom stereocenters. The number of carbonyl (C=O) groups is 2. The topological polar surface area (TPSA) is 78.0 Å². The van der Waals surface area contributed by atoms with Crippen molar-refractivity contribution in [2.45, 2.75) is 19.4 Å². The number of anilines is 1. The molecule has 1 atom stereocenters. The number of rotatable bonds is 8. The van der Waals surface area contributed by atoms with Crippen molar-refractivity contribution in [3.05, 3.63) is 64.5 Å². The zero-order chi connectivity index (χ0) is 22.5. The molecule has 4 rings (SSSR count). The molecule has 0 aliphatic carbocycles. The van der Waals surface area contributed by atoms with Crippen LogP contribution in [-0.4, -0.2) is 49.8 Å². The van der Waals surface area contributed by atoms with Gasteiger partial charge in [-0.25, -0.2) is 4.98 Å². The van der Waals surface area contributed by atoms with Crippen molar-refractivity contribution < 1.29 is 23.8 Å². The number of amides is 1. The quantitative estimate of drug-likeness (QED) is 0.485. The predicted octanol–water partition coefficient (Wildman–Crippen LogP) is 3.70. The van der Waals surface area contributed by atoms with Gasteiger partial charge in [0.1, 0.15) is 18.4 Å². The van der Waals surface area contributed by atoms with Crippen LogP contribution >= 0.6 is 11.3 Å². The summed E-state index contributed by atoms with van der Waals surface area (Å²) in [7, 11) is 1.54. The van der Waals surface area contributed by atoms with E-state index >= 15 is 0 Å². The Morgan fingerprint density at radius 1 is 1.25 bits per heavy atom. The number of nitrogens with zero attached hydrogens (tertiary/aromatic N) is 2. The second kappa shape index (κ2) is 9.93. The number of aromatic nitrogens is 1. The molecule has 0 spiro atoms. The van der Waals surface area contributed by atoms with Gasteiger partial charge in [-0.2, -0.15) is 0 Å². The van der Waals surface area contributed by atoms with E-state index in [4.69, 9.17) is 19.2 Å². The van der Waals surface area contributed by atoms with Gasteiger partial charge in [-0.1, -0.05) is 30.3 Å². The Bertz CT molecular complexity index is 1100. The monoisotopic (exact) mass is 452 g/mol. The van der Waals surface area contributed by atoms with Crippen LogP contribution in [0.15, 0.2) is 53.9 Å². The summed E-state index contributed by atoms with van der Waals surface area (Å²) >= 11 is 1.59. The van der Waals surface area contributed by atoms with E-state index in [2.05, 4.69) is 12.1 Å². The van der Waals surface area contributed by atoms with E-state index in [-0.39, 0.29) is 19.1 Å². The first-order chi connectivity index (χ1) is 15.5. The number of hydrogen-bond donors (Lipinski definition) is 0. The third-order valence-electron chi connectivity index (χ3n) is 4.97. The molecular formula is C24H24N2O5S. The average molecular weight is 453 g/mol. The summed E-state index contributed by atoms with van der Waals surface area (Å²) in [4.78, 5) is 31.0. The van der Waals surface area contributed by atoms with Crippen molar-refractivity contribution in [2.75, 3.05) is 31.8 Å². The van der Waals surface area contributed by atoms with E-state index in [0.29, 0.717) is 18.0 Å². The third-order valence-corrected chi connectivity index (χ3v) is 5.82. The van der Waals surface area contributed by atoms with Crippen LogP contribution in [0.4, 0.5) is 5.69 Å². The molecule has 0 saturated heterocycles. The SMILES string of the molecule is COCC(C)OC(=O)CN1C(=O)COc2ccc(-c3csc(Cc4ccccc4)n3)cc21. The molecule has 7 nitrogen and oxygen atoms in total. The second-order valence-electron chi connectivity index (χ2n) is 7.50. The molecule has 0 bridgehead atoms. The van der Waals surface area contributed by atoms with Crippen molar-refractivity contribution in [3.8, 4) is 17.0 Å². The van der Waals surface area contributed by atoms with Crippen LogP contribution < -0.4 is 9.64 Å². The van der Waals surface area contributed by atoms with E-state index in [1.54, 1.807) is 24.3 Å². The highest BCUT2D eigenvalue weighted by Gasteiger charge is 2.29. The fourth-order valence-electron chi connectivity index (χ4n) is 3.49. The molecule has 166 valence electrons. The van der Waals surface area contributed by atoms with Gasteiger partial charge < -0.3 is 14.2 Å². The van der Waals surface area contributed by atoms with Crippen LogP contribution in [0.1, 0.15) is 17.5 Å². The zero-order valence-corrected chi connectivity index (χ0v) is 18.8. The lowest BCUT2D eigenvalue weighted by Gasteiger charge is -2.29. The number of carbonyl (C=O) groups excluding carboxylic acids is 2. The molecule has 32 heavy (non-hydrogen) atoms. The van der Waals surface area contributed by atoms with Crippen LogP contribution in [0.3, 0.4) is 0 Å². The Morgan fingerprint density at radius 3 is 2.84 bits per heavy atom. The van der Waals surface area contributed by atoms with Gasteiger partial charge in [0.25, 0.3) is 5.91 Å². The fourth-order valence-corrected chi connectivity index (χ4v) is 4.33. The summed E-state index contributed by atoms with van der Waals surface area (Å²) < 4.78 is 15.9. The first-order valence-corrected chi connectivity index (χ1v) is 11.2. The maximum absolute atomic E-state index is 12.5. The predicted molar refractivity (Wildman–Crippen MR) is 122 cm³/mol. The fraction of sp³-hybridized carbons (Fsp3) is 0.292. The first kappa shape index (κ1) is 22.0. The van der Waals surface area contributed by atoms with Gasteiger partial charge in [0.2, 0.25) is 0 Å². The standard InChI is InChI=1S/C24H24N2O5S/c1-16(13-29-2)31-24(28)12-26-20-11-18(8-9-21(20)30-14-23(26)27)19-15-32-22(25-19)10-17-6-4-3-5-7-17/h3-9,11,15-16H,10,12-14H2,1-2H3. The number of thiazole rings is 1. The van der Waals surface area contributed by atoms with Gasteiger partial charge in [0, 0.05) is 24.5 Å². The summed E-state index contributed by atoms with van der Waals surface area (Å²) in [6.45, 7) is 1.72. The summed E-state index contributed by atoms with van der Waals surface area (Å²) in [5, 5.41) is 3.00. The van der Waals surface area contributed by atoms with Gasteiger partial charge in [0.05, 0.1) is 23.0 Å². The minimum Gasteiger partial charge on any atom is -0.482 e. The molecule has 8 heteroatoms. The van der Waals surface area contributed by atoms with E-state index in [1.165, 1.54) is 17.6 Å². The molecule has 1 aliphatic heterocycles. The number of methoxy groups -OCH3 is 1. The Labute approximate surface area is 190 Å². The molecule has 0 radical (unpaired) electrons. The third kappa shape index (κ3) is 5.15. The molecule has 0 saturated carbocycles. The summed E-state index contributed by atoms with van der Waals surface area (Å²) in [5.74, 6) is -0.250. The van der Waals surface area contributed by atoms with Gasteiger partial charge >= 0.3 is 5.97 Å². The van der Waals surface area contributed by atoms with E-state index in [9.17, 15) is 9.59 Å². The van der Waals surface area contributed by atoms with E-state index < -0.39 is 12.1 Å². The maximum atomic E-state index is 12.5. The molecule has 2 aromatic carbocycles. The van der Waals surface area contributed by atoms with Gasteiger partial charge in [0.15, 0.2) is 6.61 Å². The summed E-state index contributed by atoms with van der Waals surface area (Å²) in [6, 6.07) is 15.7. The average Bonchev–Trinajstić information content (AvgIpc) is 3.24. The minimum absolute atomic E-state index is 0.120. The van der Waals surface area contributed by atoms with Crippen molar-refractivity contribution >= 4 is 28.9 Å². The van der Waals surface area contributed by atoms with Gasteiger partial charge in [-0.3, -0.25) is 14.5 Å². The van der Waals surface area contributed by atoms with Crippen LogP contribution in [0.25, 0.3) is 11.3 Å². The number of ether oxygens (including phenoxy) is 3. The Hall–Kier alpha value is -3.23. The van der Waals surface area contributed by atoms with Crippen LogP contribution in [0, 0.1) is 0 Å². The molecule has 3 aromatic rings. The Balaban J connectivity index is 1.54. The van der Waals surface area contributed by atoms with Crippen LogP contribution in [0.2, 0.25) is 0 Å². The molecule has 1 aliphatic rings. The molecular weight excluding hydrogens is 428 g/mol. The highest BCUT2D eigenvalue weighted by Crippen LogP contribution is 2.36. The first-order valence-electron chi connectivity index (χ1n) is 10.3. The number of fused-ring (bicyclic) bond motifs is 1. The normalized spacial score (nSPS) is 13.9. The Morgan fingerprint density at radius 2 is 2.06 bits per heavy atom. The van der Waals surface area contributed by atoms with Crippen LogP contribution in [-0.2, 0) is 25.5 Å². The Kier molecular flexibility index (Phi) is 6.82. The number of benzene rings is 2. The van der Waals surface area contributed by atoms with E-state index in [1.807, 2.05) is 35.7 Å². The van der Waals surface area contributed by atoms with Crippen molar-refractivity contribution in [1.82, 2.24) is 4.98 Å². The largest absolute Gasteiger partial charge is 0.482 e. The summed E-state index contributed by atoms with van der Waals surface area (Å²) in [5.41, 5.74) is 3.40. The lowest BCUT2D eigenvalue weighted by atomic mass is 10.1. The van der Waals surface area contributed by atoms with Crippen molar-refractivity contribution in [1.29, 1.82) is 0 Å². The minimum atomic E-state index is -0.500.